The van der Waals surface area contributed by atoms with Gasteiger partial charge in [-0.05, 0) is 35.3 Å². The summed E-state index contributed by atoms with van der Waals surface area (Å²) in [4.78, 5) is 4.49. The van der Waals surface area contributed by atoms with E-state index in [0.717, 1.165) is 13.0 Å². The van der Waals surface area contributed by atoms with E-state index < -0.39 is 0 Å². The lowest BCUT2D eigenvalue weighted by Gasteiger charge is -2.19. The van der Waals surface area contributed by atoms with E-state index in [1.54, 1.807) is 0 Å². The van der Waals surface area contributed by atoms with E-state index in [0.29, 0.717) is 5.92 Å². The minimum atomic E-state index is 0.242. The average Bonchev–Trinajstić information content (AvgIpc) is 2.34. The summed E-state index contributed by atoms with van der Waals surface area (Å²) in [5, 5.41) is 0. The first-order chi connectivity index (χ1) is 8.93. The van der Waals surface area contributed by atoms with Crippen LogP contribution >= 0.6 is 0 Å². The Morgan fingerprint density at radius 1 is 1.16 bits per heavy atom. The summed E-state index contributed by atoms with van der Waals surface area (Å²) in [6, 6.07) is 9.04. The molecule has 0 fully saturated rings. The fourth-order valence-corrected chi connectivity index (χ4v) is 2.07. The highest BCUT2D eigenvalue weighted by molar-refractivity contribution is 5.60. The predicted molar refractivity (Wildman–Crippen MR) is 86.3 cm³/mol. The van der Waals surface area contributed by atoms with Gasteiger partial charge in [0.05, 0.1) is 0 Å². The van der Waals surface area contributed by atoms with Crippen LogP contribution in [0, 0.1) is 5.92 Å². The van der Waals surface area contributed by atoms with Crippen molar-refractivity contribution in [2.24, 2.45) is 10.9 Å². The Bertz CT molecular complexity index is 381. The molecule has 0 radical (unpaired) electrons. The summed E-state index contributed by atoms with van der Waals surface area (Å²) < 4.78 is 0. The molecule has 0 aromatic heterocycles. The predicted octanol–water partition coefficient (Wildman–Crippen LogP) is 5.03. The van der Waals surface area contributed by atoms with Crippen LogP contribution in [-0.2, 0) is 11.8 Å². The molecule has 0 spiro atoms. The molecule has 0 aliphatic carbocycles. The lowest BCUT2D eigenvalue weighted by Crippen LogP contribution is -2.11. The second-order valence-electron chi connectivity index (χ2n) is 6.54. The Labute approximate surface area is 119 Å². The number of unbranched alkanes of at least 4 members (excludes halogenated alkanes) is 1. The maximum Gasteiger partial charge on any atom is 0.0385 e. The molecule has 1 rings (SSSR count). The van der Waals surface area contributed by atoms with Crippen molar-refractivity contribution in [1.82, 2.24) is 0 Å². The summed E-state index contributed by atoms with van der Waals surface area (Å²) in [6.07, 6.45) is 5.62. The molecule has 0 aliphatic heterocycles. The van der Waals surface area contributed by atoms with E-state index in [1.807, 2.05) is 0 Å². The van der Waals surface area contributed by atoms with E-state index in [2.05, 4.69) is 70.1 Å². The monoisotopic (exact) mass is 259 g/mol. The first-order valence-corrected chi connectivity index (χ1v) is 7.53. The summed E-state index contributed by atoms with van der Waals surface area (Å²) in [5.41, 5.74) is 3.05. The molecular weight excluding hydrogens is 230 g/mol. The molecule has 1 heteroatoms. The number of benzene rings is 1. The van der Waals surface area contributed by atoms with E-state index in [4.69, 9.17) is 0 Å². The molecule has 19 heavy (non-hydrogen) atoms. The van der Waals surface area contributed by atoms with Crippen molar-refractivity contribution in [2.75, 3.05) is 6.54 Å². The number of aliphatic imine (C=N–C) groups is 1. The van der Waals surface area contributed by atoms with Crippen LogP contribution in [0.15, 0.2) is 29.3 Å². The number of rotatable bonds is 6. The Morgan fingerprint density at radius 2 is 1.79 bits per heavy atom. The minimum Gasteiger partial charge on any atom is -0.297 e. The molecule has 0 saturated heterocycles. The molecule has 1 nitrogen and oxygen atoms in total. The van der Waals surface area contributed by atoms with Crippen LogP contribution in [0.2, 0.25) is 0 Å². The van der Waals surface area contributed by atoms with Crippen LogP contribution in [0.1, 0.15) is 58.6 Å². The molecule has 0 saturated carbocycles. The van der Waals surface area contributed by atoms with E-state index >= 15 is 0 Å². The molecule has 0 aliphatic rings. The smallest absolute Gasteiger partial charge is 0.0385 e. The first kappa shape index (κ1) is 15.9. The van der Waals surface area contributed by atoms with Gasteiger partial charge in [-0.1, -0.05) is 65.3 Å². The van der Waals surface area contributed by atoms with Crippen LogP contribution < -0.4 is 0 Å². The zero-order chi connectivity index (χ0) is 14.3. The number of hydrogen-bond donors (Lipinski definition) is 0. The lowest BCUT2D eigenvalue weighted by atomic mass is 9.86. The third kappa shape index (κ3) is 6.04. The molecule has 106 valence electrons. The topological polar surface area (TPSA) is 12.4 Å². The van der Waals surface area contributed by atoms with Crippen LogP contribution in [0.25, 0.3) is 0 Å². The quantitative estimate of drug-likeness (QED) is 0.501. The Balaban J connectivity index is 2.51. The van der Waals surface area contributed by atoms with Gasteiger partial charge in [0.25, 0.3) is 0 Å². The van der Waals surface area contributed by atoms with Crippen molar-refractivity contribution in [3.05, 3.63) is 35.4 Å². The van der Waals surface area contributed by atoms with Crippen LogP contribution in [0.3, 0.4) is 0 Å². The van der Waals surface area contributed by atoms with Gasteiger partial charge < -0.3 is 0 Å². The Morgan fingerprint density at radius 3 is 2.32 bits per heavy atom. The summed E-state index contributed by atoms with van der Waals surface area (Å²) in [7, 11) is 0. The van der Waals surface area contributed by atoms with Gasteiger partial charge in [0, 0.05) is 12.8 Å². The third-order valence-corrected chi connectivity index (χ3v) is 3.38. The normalized spacial score (nSPS) is 13.9. The fourth-order valence-electron chi connectivity index (χ4n) is 2.07. The van der Waals surface area contributed by atoms with Gasteiger partial charge in [0.15, 0.2) is 0 Å². The Hall–Kier alpha value is -1.11. The molecular formula is C18H29N. The average molecular weight is 259 g/mol. The Kier molecular flexibility index (Phi) is 6.27. The van der Waals surface area contributed by atoms with Gasteiger partial charge in [-0.25, -0.2) is 0 Å². The highest BCUT2D eigenvalue weighted by atomic mass is 14.7. The van der Waals surface area contributed by atoms with Crippen LogP contribution in [-0.4, -0.2) is 12.8 Å². The van der Waals surface area contributed by atoms with Gasteiger partial charge in [-0.2, -0.15) is 0 Å². The fraction of sp³-hybridized carbons (Fsp3) is 0.611. The summed E-state index contributed by atoms with van der Waals surface area (Å²) in [6.45, 7) is 12.2. The van der Waals surface area contributed by atoms with Crippen LogP contribution in [0.4, 0.5) is 0 Å². The molecule has 0 N–H and O–H groups in total. The van der Waals surface area contributed by atoms with Crippen molar-refractivity contribution in [3.8, 4) is 0 Å². The van der Waals surface area contributed by atoms with Crippen LogP contribution in [0.5, 0.6) is 0 Å². The van der Waals surface area contributed by atoms with Crippen molar-refractivity contribution < 1.29 is 0 Å². The molecule has 0 bridgehead atoms. The zero-order valence-electron chi connectivity index (χ0n) is 13.2. The second-order valence-corrected chi connectivity index (χ2v) is 6.54. The molecule has 0 heterocycles. The van der Waals surface area contributed by atoms with E-state index in [9.17, 15) is 0 Å². The maximum absolute atomic E-state index is 4.49. The largest absolute Gasteiger partial charge is 0.297 e. The summed E-state index contributed by atoms with van der Waals surface area (Å²) in [5.74, 6) is 0.525. The molecule has 0 amide bonds. The number of nitrogens with zero attached hydrogens (tertiary/aromatic N) is 1. The van der Waals surface area contributed by atoms with Crippen molar-refractivity contribution >= 4 is 6.21 Å². The van der Waals surface area contributed by atoms with Crippen molar-refractivity contribution in [3.63, 3.8) is 0 Å². The SMILES string of the molecule is CCCCN=CC(C)Cc1ccc(C(C)(C)C)cc1. The van der Waals surface area contributed by atoms with Gasteiger partial charge >= 0.3 is 0 Å². The van der Waals surface area contributed by atoms with Crippen molar-refractivity contribution in [2.45, 2.75) is 59.3 Å². The third-order valence-electron chi connectivity index (χ3n) is 3.38. The first-order valence-electron chi connectivity index (χ1n) is 7.53. The molecule has 1 unspecified atom stereocenters. The standard InChI is InChI=1S/C18H29N/c1-6-7-12-19-14-15(2)13-16-8-10-17(11-9-16)18(3,4)5/h8-11,14-15H,6-7,12-13H2,1-5H3. The van der Waals surface area contributed by atoms with E-state index in [-0.39, 0.29) is 5.41 Å². The van der Waals surface area contributed by atoms with Gasteiger partial charge in [-0.15, -0.1) is 0 Å². The van der Waals surface area contributed by atoms with Gasteiger partial charge in [0.2, 0.25) is 0 Å². The minimum absolute atomic E-state index is 0.242. The lowest BCUT2D eigenvalue weighted by molar-refractivity contribution is 0.589. The molecule has 1 atom stereocenters. The highest BCUT2D eigenvalue weighted by Gasteiger charge is 2.12. The summed E-state index contributed by atoms with van der Waals surface area (Å²) >= 11 is 0. The highest BCUT2D eigenvalue weighted by Crippen LogP contribution is 2.22. The molecule has 1 aromatic rings. The zero-order valence-corrected chi connectivity index (χ0v) is 13.2. The second kappa shape index (κ2) is 7.47. The van der Waals surface area contributed by atoms with Gasteiger partial charge in [-0.3, -0.25) is 4.99 Å². The van der Waals surface area contributed by atoms with Gasteiger partial charge in [0.1, 0.15) is 0 Å². The van der Waals surface area contributed by atoms with Crippen molar-refractivity contribution in [1.29, 1.82) is 0 Å². The molecule has 1 aromatic carbocycles. The maximum atomic E-state index is 4.49. The number of hydrogen-bond acceptors (Lipinski definition) is 1. The van der Waals surface area contributed by atoms with E-state index in [1.165, 1.54) is 24.0 Å².